The van der Waals surface area contributed by atoms with Crippen LogP contribution in [0.25, 0.3) is 0 Å². The molecule has 0 aromatic carbocycles. The normalized spacial score (nSPS) is 26.8. The lowest BCUT2D eigenvalue weighted by Crippen LogP contribution is -2.20. The van der Waals surface area contributed by atoms with Gasteiger partial charge in [0.2, 0.25) is 0 Å². The van der Waals surface area contributed by atoms with Gasteiger partial charge >= 0.3 is 0 Å². The van der Waals surface area contributed by atoms with Gasteiger partial charge in [-0.25, -0.2) is 4.68 Å². The summed E-state index contributed by atoms with van der Waals surface area (Å²) >= 11 is 5.90. The number of nitrogens with zero attached hydrogens (tertiary/aromatic N) is 2. The molecular weight excluding hydrogens is 210 g/mol. The lowest BCUT2D eigenvalue weighted by Gasteiger charge is -2.28. The first kappa shape index (κ1) is 10.8. The van der Waals surface area contributed by atoms with Crippen LogP contribution in [0.3, 0.4) is 0 Å². The third-order valence-corrected chi connectivity index (χ3v) is 3.82. The molecule has 2 N–H and O–H groups in total. The van der Waals surface area contributed by atoms with E-state index < -0.39 is 0 Å². The van der Waals surface area contributed by atoms with E-state index in [1.807, 2.05) is 4.68 Å². The average Bonchev–Trinajstić information content (AvgIpc) is 2.60. The van der Waals surface area contributed by atoms with Crippen molar-refractivity contribution in [2.24, 2.45) is 5.92 Å². The van der Waals surface area contributed by atoms with Crippen LogP contribution < -0.4 is 5.73 Å². The number of aromatic nitrogens is 2. The van der Waals surface area contributed by atoms with Crippen LogP contribution in [0, 0.1) is 5.92 Å². The molecule has 2 rings (SSSR count). The molecule has 0 atom stereocenters. The van der Waals surface area contributed by atoms with Crippen LogP contribution >= 0.6 is 11.6 Å². The summed E-state index contributed by atoms with van der Waals surface area (Å²) in [5, 5.41) is 4.83. The third-order valence-electron chi connectivity index (χ3n) is 3.53. The van der Waals surface area contributed by atoms with Gasteiger partial charge < -0.3 is 5.73 Å². The van der Waals surface area contributed by atoms with Crippen LogP contribution in [0.1, 0.15) is 45.1 Å². The molecule has 4 heteroatoms. The van der Waals surface area contributed by atoms with E-state index in [-0.39, 0.29) is 0 Å². The molecule has 1 fully saturated rings. The van der Waals surface area contributed by atoms with Crippen LogP contribution in [-0.4, -0.2) is 9.78 Å². The Balaban J connectivity index is 2.04. The van der Waals surface area contributed by atoms with Crippen molar-refractivity contribution in [2.75, 3.05) is 5.73 Å². The fraction of sp³-hybridized carbons (Fsp3) is 0.727. The van der Waals surface area contributed by atoms with Crippen molar-refractivity contribution in [2.45, 2.75) is 45.1 Å². The first-order valence-electron chi connectivity index (χ1n) is 5.70. The molecule has 84 valence electrons. The topological polar surface area (TPSA) is 43.8 Å². The maximum absolute atomic E-state index is 5.90. The van der Waals surface area contributed by atoms with E-state index in [2.05, 4.69) is 12.0 Å². The Morgan fingerprint density at radius 2 is 2.13 bits per heavy atom. The van der Waals surface area contributed by atoms with Gasteiger partial charge in [-0.3, -0.25) is 0 Å². The maximum Gasteiger partial charge on any atom is 0.140 e. The molecule has 0 bridgehead atoms. The van der Waals surface area contributed by atoms with Crippen LogP contribution in [-0.2, 0) is 0 Å². The highest BCUT2D eigenvalue weighted by atomic mass is 35.5. The lowest BCUT2D eigenvalue weighted by atomic mass is 9.84. The van der Waals surface area contributed by atoms with Gasteiger partial charge in [-0.05, 0) is 31.6 Å². The van der Waals surface area contributed by atoms with Crippen molar-refractivity contribution in [3.05, 3.63) is 11.2 Å². The minimum atomic E-state index is 0.459. The zero-order valence-corrected chi connectivity index (χ0v) is 9.87. The fourth-order valence-corrected chi connectivity index (χ4v) is 2.57. The van der Waals surface area contributed by atoms with Gasteiger partial charge in [-0.15, -0.1) is 0 Å². The molecule has 1 aromatic rings. The Kier molecular flexibility index (Phi) is 3.19. The molecule has 0 radical (unpaired) electrons. The molecule has 0 amide bonds. The van der Waals surface area contributed by atoms with E-state index in [1.165, 1.54) is 32.1 Å². The summed E-state index contributed by atoms with van der Waals surface area (Å²) in [5.41, 5.74) is 5.87. The van der Waals surface area contributed by atoms with Crippen LogP contribution in [0.4, 0.5) is 5.82 Å². The number of hydrogen-bond acceptors (Lipinski definition) is 2. The van der Waals surface area contributed by atoms with Gasteiger partial charge in [0.15, 0.2) is 0 Å². The number of nitrogens with two attached hydrogens (primary N) is 1. The van der Waals surface area contributed by atoms with E-state index >= 15 is 0 Å². The summed E-state index contributed by atoms with van der Waals surface area (Å²) in [6.45, 7) is 2.27. The summed E-state index contributed by atoms with van der Waals surface area (Å²) in [5.74, 6) is 1.52. The van der Waals surface area contributed by atoms with Crippen molar-refractivity contribution < 1.29 is 0 Å². The monoisotopic (exact) mass is 227 g/mol. The maximum atomic E-state index is 5.90. The van der Waals surface area contributed by atoms with Crippen molar-refractivity contribution in [1.29, 1.82) is 0 Å². The van der Waals surface area contributed by atoms with Gasteiger partial charge in [-0.1, -0.05) is 24.9 Å². The highest BCUT2D eigenvalue weighted by Gasteiger charge is 2.23. The molecule has 15 heavy (non-hydrogen) atoms. The number of nitrogen functional groups attached to an aromatic ring is 1. The highest BCUT2D eigenvalue weighted by Crippen LogP contribution is 2.35. The van der Waals surface area contributed by atoms with Gasteiger partial charge in [0.05, 0.1) is 12.2 Å². The predicted octanol–water partition coefficient (Wildman–Crippen LogP) is 3.26. The average molecular weight is 228 g/mol. The Hall–Kier alpha value is -0.700. The third kappa shape index (κ3) is 2.12. The fourth-order valence-electron chi connectivity index (χ4n) is 2.44. The van der Waals surface area contributed by atoms with Crippen molar-refractivity contribution in [1.82, 2.24) is 9.78 Å². The van der Waals surface area contributed by atoms with Gasteiger partial charge in [-0.2, -0.15) is 5.10 Å². The Bertz CT molecular complexity index is 327. The van der Waals surface area contributed by atoms with Gasteiger partial charge in [0.25, 0.3) is 0 Å². The second-order valence-corrected chi connectivity index (χ2v) is 4.81. The van der Waals surface area contributed by atoms with Gasteiger partial charge in [0, 0.05) is 0 Å². The Morgan fingerprint density at radius 1 is 1.47 bits per heavy atom. The van der Waals surface area contributed by atoms with Gasteiger partial charge in [0.1, 0.15) is 10.8 Å². The summed E-state index contributed by atoms with van der Waals surface area (Å²) in [6, 6.07) is 0.459. The van der Waals surface area contributed by atoms with Crippen molar-refractivity contribution in [3.8, 4) is 0 Å². The van der Waals surface area contributed by atoms with Crippen molar-refractivity contribution >= 4 is 17.4 Å². The Morgan fingerprint density at radius 3 is 2.60 bits per heavy atom. The highest BCUT2D eigenvalue weighted by molar-refractivity contribution is 6.32. The molecular formula is C11H18ClN3. The standard InChI is InChI=1S/C11H18ClN3/c1-2-8-3-5-9(6-4-8)15-11(13)10(12)7-14-15/h7-9H,2-6,13H2,1H3. The number of halogens is 1. The molecule has 0 spiro atoms. The van der Waals surface area contributed by atoms with Crippen molar-refractivity contribution in [3.63, 3.8) is 0 Å². The number of anilines is 1. The largest absolute Gasteiger partial charge is 0.383 e. The Labute approximate surface area is 95.6 Å². The quantitative estimate of drug-likeness (QED) is 0.843. The number of hydrogen-bond donors (Lipinski definition) is 1. The van der Waals surface area contributed by atoms with E-state index in [4.69, 9.17) is 17.3 Å². The van der Waals surface area contributed by atoms with Crippen LogP contribution in [0.15, 0.2) is 6.20 Å². The zero-order valence-electron chi connectivity index (χ0n) is 9.12. The lowest BCUT2D eigenvalue weighted by molar-refractivity contribution is 0.258. The molecule has 1 aliphatic carbocycles. The molecule has 1 aromatic heterocycles. The molecule has 1 heterocycles. The van der Waals surface area contributed by atoms with E-state index in [1.54, 1.807) is 6.20 Å². The summed E-state index contributed by atoms with van der Waals surface area (Å²) in [7, 11) is 0. The summed E-state index contributed by atoms with van der Waals surface area (Å²) in [4.78, 5) is 0. The first-order valence-corrected chi connectivity index (χ1v) is 6.08. The van der Waals surface area contributed by atoms with Crippen LogP contribution in [0.2, 0.25) is 5.02 Å². The zero-order chi connectivity index (χ0) is 10.8. The second kappa shape index (κ2) is 4.44. The SMILES string of the molecule is CCC1CCC(n2ncc(Cl)c2N)CC1. The number of rotatable bonds is 2. The molecule has 0 saturated heterocycles. The molecule has 1 aliphatic rings. The van der Waals surface area contributed by atoms with E-state index in [9.17, 15) is 0 Å². The van der Waals surface area contributed by atoms with E-state index in [0.29, 0.717) is 16.9 Å². The smallest absolute Gasteiger partial charge is 0.140 e. The molecule has 3 nitrogen and oxygen atoms in total. The van der Waals surface area contributed by atoms with Crippen LogP contribution in [0.5, 0.6) is 0 Å². The molecule has 0 aliphatic heterocycles. The minimum Gasteiger partial charge on any atom is -0.383 e. The molecule has 1 saturated carbocycles. The predicted molar refractivity (Wildman–Crippen MR) is 62.9 cm³/mol. The molecule has 0 unspecified atom stereocenters. The summed E-state index contributed by atoms with van der Waals surface area (Å²) < 4.78 is 1.90. The summed E-state index contributed by atoms with van der Waals surface area (Å²) in [6.07, 6.45) is 7.88. The second-order valence-electron chi connectivity index (χ2n) is 4.41. The first-order chi connectivity index (χ1) is 7.22. The van der Waals surface area contributed by atoms with E-state index in [0.717, 1.165) is 5.92 Å². The minimum absolute atomic E-state index is 0.459.